The average molecular weight is 268 g/mol. The molecular formula is C16H16N2O2. The summed E-state index contributed by atoms with van der Waals surface area (Å²) >= 11 is 0. The molecule has 1 aromatic heterocycles. The van der Waals surface area contributed by atoms with Crippen LogP contribution in [0.25, 0.3) is 11.0 Å². The second-order valence-electron chi connectivity index (χ2n) is 4.53. The van der Waals surface area contributed by atoms with Crippen molar-refractivity contribution in [3.63, 3.8) is 0 Å². The van der Waals surface area contributed by atoms with E-state index in [2.05, 4.69) is 17.1 Å². The number of rotatable bonds is 5. The Morgan fingerprint density at radius 1 is 1.10 bits per heavy atom. The smallest absolute Gasteiger partial charge is 0.124 e. The Labute approximate surface area is 117 Å². The minimum atomic E-state index is 0.484. The van der Waals surface area contributed by atoms with Gasteiger partial charge in [-0.15, -0.1) is 0 Å². The van der Waals surface area contributed by atoms with E-state index in [0.717, 1.165) is 16.8 Å². The zero-order valence-electron chi connectivity index (χ0n) is 11.3. The monoisotopic (exact) mass is 268 g/mol. The summed E-state index contributed by atoms with van der Waals surface area (Å²) in [6, 6.07) is 16.0. The molecule has 0 atom stereocenters. The summed E-state index contributed by atoms with van der Waals surface area (Å²) in [6.07, 6.45) is 1.79. The second kappa shape index (κ2) is 5.75. The van der Waals surface area contributed by atoms with Crippen molar-refractivity contribution in [1.29, 1.82) is 0 Å². The molecule has 0 aliphatic carbocycles. The average Bonchev–Trinajstić information content (AvgIpc) is 2.91. The third kappa shape index (κ3) is 2.65. The van der Waals surface area contributed by atoms with Crippen molar-refractivity contribution in [1.82, 2.24) is 9.55 Å². The summed E-state index contributed by atoms with van der Waals surface area (Å²) in [6.45, 7) is 1.08. The zero-order valence-corrected chi connectivity index (χ0v) is 11.3. The van der Waals surface area contributed by atoms with Gasteiger partial charge in [-0.05, 0) is 17.7 Å². The van der Waals surface area contributed by atoms with Crippen LogP contribution < -0.4 is 4.74 Å². The van der Waals surface area contributed by atoms with Gasteiger partial charge in [0, 0.05) is 6.07 Å². The van der Waals surface area contributed by atoms with Crippen molar-refractivity contribution < 1.29 is 9.47 Å². The highest BCUT2D eigenvalue weighted by Gasteiger charge is 2.04. The number of hydrogen-bond acceptors (Lipinski definition) is 3. The molecule has 1 heterocycles. The van der Waals surface area contributed by atoms with Crippen LogP contribution in [0.1, 0.15) is 5.56 Å². The molecule has 2 aromatic carbocycles. The maximum absolute atomic E-state index is 5.72. The first-order valence-corrected chi connectivity index (χ1v) is 6.47. The molecule has 3 aromatic rings. The van der Waals surface area contributed by atoms with E-state index >= 15 is 0 Å². The quantitative estimate of drug-likeness (QED) is 0.713. The predicted octanol–water partition coefficient (Wildman–Crippen LogP) is 3.22. The highest BCUT2D eigenvalue weighted by molar-refractivity contribution is 5.76. The Balaban J connectivity index is 1.69. The van der Waals surface area contributed by atoms with Crippen molar-refractivity contribution in [3.8, 4) is 5.75 Å². The molecule has 102 valence electrons. The summed E-state index contributed by atoms with van der Waals surface area (Å²) in [5.74, 6) is 0.813. The van der Waals surface area contributed by atoms with E-state index in [-0.39, 0.29) is 0 Å². The molecule has 4 heteroatoms. The molecule has 3 rings (SSSR count). The van der Waals surface area contributed by atoms with Gasteiger partial charge in [-0.1, -0.05) is 30.3 Å². The van der Waals surface area contributed by atoms with E-state index in [1.54, 1.807) is 13.4 Å². The van der Waals surface area contributed by atoms with Crippen LogP contribution in [0, 0.1) is 0 Å². The Morgan fingerprint density at radius 3 is 2.75 bits per heavy atom. The van der Waals surface area contributed by atoms with Gasteiger partial charge in [-0.25, -0.2) is 4.98 Å². The van der Waals surface area contributed by atoms with Gasteiger partial charge in [-0.2, -0.15) is 0 Å². The van der Waals surface area contributed by atoms with Crippen LogP contribution in [0.4, 0.5) is 0 Å². The largest absolute Gasteiger partial charge is 0.497 e. The lowest BCUT2D eigenvalue weighted by Crippen LogP contribution is -2.01. The van der Waals surface area contributed by atoms with E-state index < -0.39 is 0 Å². The summed E-state index contributed by atoms with van der Waals surface area (Å²) in [5.41, 5.74) is 3.12. The van der Waals surface area contributed by atoms with E-state index in [1.165, 1.54) is 5.56 Å². The Bertz CT molecular complexity index is 692. The van der Waals surface area contributed by atoms with Gasteiger partial charge in [0.25, 0.3) is 0 Å². The Hall–Kier alpha value is -2.33. The fourth-order valence-electron chi connectivity index (χ4n) is 2.11. The highest BCUT2D eigenvalue weighted by Crippen LogP contribution is 2.19. The van der Waals surface area contributed by atoms with Crippen LogP contribution in [0.3, 0.4) is 0 Å². The fraction of sp³-hybridized carbons (Fsp3) is 0.188. The SMILES string of the molecule is COc1ccc2c(c1)ncn2COCc1ccccc1. The van der Waals surface area contributed by atoms with Crippen molar-refractivity contribution in [3.05, 3.63) is 60.4 Å². The summed E-state index contributed by atoms with van der Waals surface area (Å²) in [5, 5.41) is 0. The third-order valence-corrected chi connectivity index (χ3v) is 3.17. The molecule has 0 radical (unpaired) electrons. The lowest BCUT2D eigenvalue weighted by Gasteiger charge is -2.06. The lowest BCUT2D eigenvalue weighted by atomic mass is 10.2. The van der Waals surface area contributed by atoms with Crippen LogP contribution in [0.15, 0.2) is 54.9 Å². The first-order chi connectivity index (χ1) is 9.86. The highest BCUT2D eigenvalue weighted by atomic mass is 16.5. The number of benzene rings is 2. The Morgan fingerprint density at radius 2 is 1.95 bits per heavy atom. The van der Waals surface area contributed by atoms with Crippen LogP contribution in [0.5, 0.6) is 5.75 Å². The van der Waals surface area contributed by atoms with Gasteiger partial charge in [-0.3, -0.25) is 0 Å². The molecule has 0 aliphatic rings. The van der Waals surface area contributed by atoms with Gasteiger partial charge in [0.05, 0.1) is 31.1 Å². The third-order valence-electron chi connectivity index (χ3n) is 3.17. The lowest BCUT2D eigenvalue weighted by molar-refractivity contribution is 0.0664. The molecule has 0 saturated carbocycles. The van der Waals surface area contributed by atoms with Crippen molar-refractivity contribution in [2.45, 2.75) is 13.3 Å². The number of aromatic nitrogens is 2. The van der Waals surface area contributed by atoms with Gasteiger partial charge in [0.15, 0.2) is 0 Å². The number of nitrogens with zero attached hydrogens (tertiary/aromatic N) is 2. The number of ether oxygens (including phenoxy) is 2. The molecule has 0 saturated heterocycles. The standard InChI is InChI=1S/C16H16N2O2/c1-19-14-7-8-16-15(9-14)17-11-18(16)12-20-10-13-5-3-2-4-6-13/h2-9,11H,10,12H2,1H3. The van der Waals surface area contributed by atoms with Crippen LogP contribution in [-0.2, 0) is 18.1 Å². The van der Waals surface area contributed by atoms with E-state index in [9.17, 15) is 0 Å². The normalized spacial score (nSPS) is 10.8. The van der Waals surface area contributed by atoms with E-state index in [0.29, 0.717) is 13.3 Å². The molecule has 0 unspecified atom stereocenters. The summed E-state index contributed by atoms with van der Waals surface area (Å²) < 4.78 is 12.9. The molecule has 0 fully saturated rings. The predicted molar refractivity (Wildman–Crippen MR) is 77.5 cm³/mol. The van der Waals surface area contributed by atoms with E-state index in [4.69, 9.17) is 9.47 Å². The van der Waals surface area contributed by atoms with E-state index in [1.807, 2.05) is 41.0 Å². The second-order valence-corrected chi connectivity index (χ2v) is 4.53. The maximum Gasteiger partial charge on any atom is 0.124 e. The topological polar surface area (TPSA) is 36.3 Å². The number of imidazole rings is 1. The van der Waals surface area contributed by atoms with Crippen LogP contribution >= 0.6 is 0 Å². The van der Waals surface area contributed by atoms with Gasteiger partial charge in [0.2, 0.25) is 0 Å². The number of hydrogen-bond donors (Lipinski definition) is 0. The van der Waals surface area contributed by atoms with Gasteiger partial charge < -0.3 is 14.0 Å². The first-order valence-electron chi connectivity index (χ1n) is 6.47. The Kier molecular flexibility index (Phi) is 3.65. The zero-order chi connectivity index (χ0) is 13.8. The van der Waals surface area contributed by atoms with Gasteiger partial charge >= 0.3 is 0 Å². The minimum absolute atomic E-state index is 0.484. The molecule has 0 spiro atoms. The molecule has 0 aliphatic heterocycles. The number of methoxy groups -OCH3 is 1. The summed E-state index contributed by atoms with van der Waals surface area (Å²) in [4.78, 5) is 4.36. The van der Waals surface area contributed by atoms with Crippen molar-refractivity contribution in [2.75, 3.05) is 7.11 Å². The summed E-state index contributed by atoms with van der Waals surface area (Å²) in [7, 11) is 1.65. The van der Waals surface area contributed by atoms with Gasteiger partial charge in [0.1, 0.15) is 12.5 Å². The van der Waals surface area contributed by atoms with Crippen LogP contribution in [0.2, 0.25) is 0 Å². The molecule has 20 heavy (non-hydrogen) atoms. The van der Waals surface area contributed by atoms with Crippen molar-refractivity contribution >= 4 is 11.0 Å². The molecule has 0 bridgehead atoms. The molecule has 0 amide bonds. The molecule has 4 nitrogen and oxygen atoms in total. The van der Waals surface area contributed by atoms with Crippen molar-refractivity contribution in [2.24, 2.45) is 0 Å². The maximum atomic E-state index is 5.72. The number of fused-ring (bicyclic) bond motifs is 1. The van der Waals surface area contributed by atoms with Crippen LogP contribution in [-0.4, -0.2) is 16.7 Å². The molecule has 0 N–H and O–H groups in total. The molecular weight excluding hydrogens is 252 g/mol. The first kappa shape index (κ1) is 12.7. The fourth-order valence-corrected chi connectivity index (χ4v) is 2.11. The minimum Gasteiger partial charge on any atom is -0.497 e.